The van der Waals surface area contributed by atoms with Crippen molar-refractivity contribution in [3.8, 4) is 0 Å². The van der Waals surface area contributed by atoms with Crippen molar-refractivity contribution in [2.75, 3.05) is 39.3 Å². The van der Waals surface area contributed by atoms with Crippen LogP contribution in [0, 0.1) is 0 Å². The first-order valence-electron chi connectivity index (χ1n) is 10.3. The summed E-state index contributed by atoms with van der Waals surface area (Å²) >= 11 is 0. The lowest BCUT2D eigenvalue weighted by molar-refractivity contribution is -0.147. The second-order valence-electron chi connectivity index (χ2n) is 7.85. The average molecular weight is 394 g/mol. The van der Waals surface area contributed by atoms with Crippen molar-refractivity contribution in [1.82, 2.24) is 15.1 Å². The topological polar surface area (TPSA) is 44.8 Å². The number of likely N-dealkylation sites (tertiary alicyclic amines) is 1. The molecule has 6 heteroatoms. The zero-order chi connectivity index (χ0) is 17.8. The molecule has 1 aromatic rings. The SMILES string of the molecule is Cl.O=C(C(OC1CCCC1)c1ccccc1)N1CCC(N2CCNCC2)C1. The van der Waals surface area contributed by atoms with Gasteiger partial charge < -0.3 is 15.0 Å². The van der Waals surface area contributed by atoms with Gasteiger partial charge in [0.25, 0.3) is 5.91 Å². The standard InChI is InChI=1S/C21H31N3O2.ClH/c25-21(24-13-10-18(16-24)23-14-11-22-12-15-23)20(17-6-2-1-3-7-17)26-19-8-4-5-9-19;/h1-3,6-7,18-20,22H,4-5,8-16H2;1H. The lowest BCUT2D eigenvalue weighted by atomic mass is 10.1. The Labute approximate surface area is 168 Å². The first kappa shape index (κ1) is 20.6. The van der Waals surface area contributed by atoms with Gasteiger partial charge in [-0.3, -0.25) is 9.69 Å². The molecule has 150 valence electrons. The first-order valence-corrected chi connectivity index (χ1v) is 10.3. The van der Waals surface area contributed by atoms with Gasteiger partial charge in [-0.15, -0.1) is 12.4 Å². The summed E-state index contributed by atoms with van der Waals surface area (Å²) in [4.78, 5) is 17.9. The maximum atomic E-state index is 13.3. The van der Waals surface area contributed by atoms with Gasteiger partial charge >= 0.3 is 0 Å². The van der Waals surface area contributed by atoms with Gasteiger partial charge in [-0.25, -0.2) is 0 Å². The predicted octanol–water partition coefficient (Wildman–Crippen LogP) is 2.61. The summed E-state index contributed by atoms with van der Waals surface area (Å²) < 4.78 is 6.34. The molecule has 2 aliphatic heterocycles. The van der Waals surface area contributed by atoms with Crippen molar-refractivity contribution in [3.63, 3.8) is 0 Å². The fourth-order valence-electron chi connectivity index (χ4n) is 4.58. The number of nitrogens with zero attached hydrogens (tertiary/aromatic N) is 2. The van der Waals surface area contributed by atoms with E-state index in [2.05, 4.69) is 10.2 Å². The van der Waals surface area contributed by atoms with Crippen molar-refractivity contribution in [2.24, 2.45) is 0 Å². The number of halogens is 1. The Morgan fingerprint density at radius 3 is 2.44 bits per heavy atom. The van der Waals surface area contributed by atoms with Gasteiger partial charge in [0, 0.05) is 45.3 Å². The van der Waals surface area contributed by atoms with Crippen molar-refractivity contribution >= 4 is 18.3 Å². The van der Waals surface area contributed by atoms with E-state index in [0.717, 1.165) is 64.1 Å². The second kappa shape index (κ2) is 9.87. The lowest BCUT2D eigenvalue weighted by Gasteiger charge is -2.33. The lowest BCUT2D eigenvalue weighted by Crippen LogP contribution is -2.49. The third-order valence-corrected chi connectivity index (χ3v) is 6.10. The average Bonchev–Trinajstić information content (AvgIpc) is 3.39. The van der Waals surface area contributed by atoms with Crippen LogP contribution in [0.5, 0.6) is 0 Å². The minimum absolute atomic E-state index is 0. The number of hydrogen-bond donors (Lipinski definition) is 1. The summed E-state index contributed by atoms with van der Waals surface area (Å²) in [6, 6.07) is 10.6. The van der Waals surface area contributed by atoms with E-state index in [1.807, 2.05) is 35.2 Å². The smallest absolute Gasteiger partial charge is 0.256 e. The molecule has 2 heterocycles. The maximum Gasteiger partial charge on any atom is 0.256 e. The molecule has 1 aliphatic carbocycles. The van der Waals surface area contributed by atoms with E-state index in [0.29, 0.717) is 6.04 Å². The van der Waals surface area contributed by atoms with Crippen molar-refractivity contribution in [2.45, 2.75) is 50.4 Å². The minimum atomic E-state index is -0.443. The van der Waals surface area contributed by atoms with Crippen LogP contribution in [0.15, 0.2) is 30.3 Å². The van der Waals surface area contributed by atoms with Gasteiger partial charge in [0.1, 0.15) is 0 Å². The number of carbonyl (C=O) groups excluding carboxylic acids is 1. The first-order chi connectivity index (χ1) is 12.8. The van der Waals surface area contributed by atoms with Crippen LogP contribution in [0.25, 0.3) is 0 Å². The summed E-state index contributed by atoms with van der Waals surface area (Å²) in [5.74, 6) is 0.153. The van der Waals surface area contributed by atoms with Crippen LogP contribution in [0.2, 0.25) is 0 Å². The molecular formula is C21H32ClN3O2. The zero-order valence-electron chi connectivity index (χ0n) is 16.0. The number of nitrogens with one attached hydrogen (secondary N) is 1. The molecule has 1 amide bonds. The molecule has 5 nitrogen and oxygen atoms in total. The number of ether oxygens (including phenoxy) is 1. The highest BCUT2D eigenvalue weighted by Gasteiger charge is 2.36. The Balaban J connectivity index is 0.00000210. The summed E-state index contributed by atoms with van der Waals surface area (Å²) in [5.41, 5.74) is 0.995. The van der Waals surface area contributed by atoms with Crippen LogP contribution in [-0.4, -0.2) is 67.1 Å². The largest absolute Gasteiger partial charge is 0.360 e. The predicted molar refractivity (Wildman–Crippen MR) is 109 cm³/mol. The highest BCUT2D eigenvalue weighted by Crippen LogP contribution is 2.30. The second-order valence-corrected chi connectivity index (χ2v) is 7.85. The molecule has 4 rings (SSSR count). The van der Waals surface area contributed by atoms with Crippen LogP contribution >= 0.6 is 12.4 Å². The minimum Gasteiger partial charge on any atom is -0.360 e. The maximum absolute atomic E-state index is 13.3. The summed E-state index contributed by atoms with van der Waals surface area (Å²) in [6.45, 7) is 5.99. The number of piperazine rings is 1. The normalized spacial score (nSPS) is 25.3. The van der Waals surface area contributed by atoms with E-state index >= 15 is 0 Å². The molecule has 1 N–H and O–H groups in total. The van der Waals surface area contributed by atoms with Gasteiger partial charge in [0.2, 0.25) is 0 Å². The Morgan fingerprint density at radius 2 is 1.74 bits per heavy atom. The van der Waals surface area contributed by atoms with Crippen LogP contribution in [0.1, 0.15) is 43.8 Å². The fourth-order valence-corrected chi connectivity index (χ4v) is 4.58. The monoisotopic (exact) mass is 393 g/mol. The van der Waals surface area contributed by atoms with E-state index in [-0.39, 0.29) is 24.4 Å². The highest BCUT2D eigenvalue weighted by molar-refractivity contribution is 5.85. The number of hydrogen-bond acceptors (Lipinski definition) is 4. The van der Waals surface area contributed by atoms with E-state index in [1.165, 1.54) is 12.8 Å². The zero-order valence-corrected chi connectivity index (χ0v) is 16.8. The third-order valence-electron chi connectivity index (χ3n) is 6.10. The molecule has 27 heavy (non-hydrogen) atoms. The summed E-state index contributed by atoms with van der Waals surface area (Å²) in [6.07, 6.45) is 5.47. The molecule has 0 radical (unpaired) electrons. The van der Waals surface area contributed by atoms with Gasteiger partial charge in [0.05, 0.1) is 6.10 Å². The van der Waals surface area contributed by atoms with E-state index in [1.54, 1.807) is 0 Å². The molecule has 1 aromatic carbocycles. The van der Waals surface area contributed by atoms with Crippen LogP contribution < -0.4 is 5.32 Å². The highest BCUT2D eigenvalue weighted by atomic mass is 35.5. The number of benzene rings is 1. The quantitative estimate of drug-likeness (QED) is 0.835. The molecule has 0 bridgehead atoms. The Kier molecular flexibility index (Phi) is 7.53. The number of amides is 1. The third kappa shape index (κ3) is 5.02. The Bertz CT molecular complexity index is 588. The Hall–Kier alpha value is -1.14. The van der Waals surface area contributed by atoms with E-state index in [9.17, 15) is 4.79 Å². The number of rotatable bonds is 5. The van der Waals surface area contributed by atoms with Crippen LogP contribution in [-0.2, 0) is 9.53 Å². The van der Waals surface area contributed by atoms with Crippen molar-refractivity contribution in [3.05, 3.63) is 35.9 Å². The molecule has 3 fully saturated rings. The molecule has 0 aromatic heterocycles. The van der Waals surface area contributed by atoms with Crippen LogP contribution in [0.4, 0.5) is 0 Å². The van der Waals surface area contributed by atoms with Crippen molar-refractivity contribution in [1.29, 1.82) is 0 Å². The van der Waals surface area contributed by atoms with E-state index in [4.69, 9.17) is 4.74 Å². The van der Waals surface area contributed by atoms with Gasteiger partial charge in [0.15, 0.2) is 6.10 Å². The molecule has 0 spiro atoms. The van der Waals surface area contributed by atoms with Crippen molar-refractivity contribution < 1.29 is 9.53 Å². The molecule has 1 saturated carbocycles. The number of carbonyl (C=O) groups is 1. The summed E-state index contributed by atoms with van der Waals surface area (Å²) in [5, 5.41) is 3.41. The fraction of sp³-hybridized carbons (Fsp3) is 0.667. The van der Waals surface area contributed by atoms with Gasteiger partial charge in [-0.2, -0.15) is 0 Å². The Morgan fingerprint density at radius 1 is 1.04 bits per heavy atom. The molecule has 2 saturated heterocycles. The summed E-state index contributed by atoms with van der Waals surface area (Å²) in [7, 11) is 0. The van der Waals surface area contributed by atoms with Gasteiger partial charge in [-0.05, 0) is 24.8 Å². The molecular weight excluding hydrogens is 362 g/mol. The van der Waals surface area contributed by atoms with Crippen LogP contribution in [0.3, 0.4) is 0 Å². The molecule has 2 unspecified atom stereocenters. The van der Waals surface area contributed by atoms with Gasteiger partial charge in [-0.1, -0.05) is 43.2 Å². The molecule has 3 aliphatic rings. The molecule has 2 atom stereocenters. The van der Waals surface area contributed by atoms with E-state index < -0.39 is 6.10 Å².